The Labute approximate surface area is 133 Å². The van der Waals surface area contributed by atoms with Crippen molar-refractivity contribution in [2.45, 2.75) is 59.7 Å². The van der Waals surface area contributed by atoms with Gasteiger partial charge < -0.3 is 10.2 Å². The number of benzene rings is 1. The van der Waals surface area contributed by atoms with Crippen molar-refractivity contribution in [2.24, 2.45) is 5.92 Å². The SMILES string of the molecule is CC(C)CC(C)N(C)c1cc(Br)ccc1CNC(C)C. The second-order valence-corrected chi connectivity index (χ2v) is 7.31. The van der Waals surface area contributed by atoms with E-state index < -0.39 is 0 Å². The first-order valence-electron chi connectivity index (χ1n) is 7.56. The van der Waals surface area contributed by atoms with Gasteiger partial charge in [0.2, 0.25) is 0 Å². The Bertz CT molecular complexity index is 415. The van der Waals surface area contributed by atoms with E-state index >= 15 is 0 Å². The number of halogens is 1. The molecule has 1 rings (SSSR count). The molecular weight excluding hydrogens is 312 g/mol. The van der Waals surface area contributed by atoms with Crippen LogP contribution in [-0.2, 0) is 6.54 Å². The van der Waals surface area contributed by atoms with Gasteiger partial charge in [-0.05, 0) is 37.0 Å². The number of nitrogens with zero attached hydrogens (tertiary/aromatic N) is 1. The van der Waals surface area contributed by atoms with Crippen LogP contribution in [0.5, 0.6) is 0 Å². The summed E-state index contributed by atoms with van der Waals surface area (Å²) >= 11 is 3.60. The van der Waals surface area contributed by atoms with Crippen LogP contribution in [0.4, 0.5) is 5.69 Å². The summed E-state index contributed by atoms with van der Waals surface area (Å²) < 4.78 is 1.14. The van der Waals surface area contributed by atoms with E-state index in [0.29, 0.717) is 12.1 Å². The highest BCUT2D eigenvalue weighted by atomic mass is 79.9. The summed E-state index contributed by atoms with van der Waals surface area (Å²) in [5.74, 6) is 0.719. The summed E-state index contributed by atoms with van der Waals surface area (Å²) in [7, 11) is 2.20. The molecule has 1 unspecified atom stereocenters. The molecule has 0 saturated carbocycles. The first kappa shape index (κ1) is 17.5. The molecule has 1 atom stereocenters. The molecule has 1 aromatic rings. The molecule has 0 radical (unpaired) electrons. The first-order chi connectivity index (χ1) is 9.31. The van der Waals surface area contributed by atoms with Gasteiger partial charge in [0.15, 0.2) is 0 Å². The Hall–Kier alpha value is -0.540. The highest BCUT2D eigenvalue weighted by Crippen LogP contribution is 2.27. The topological polar surface area (TPSA) is 15.3 Å². The van der Waals surface area contributed by atoms with Crippen molar-refractivity contribution >= 4 is 21.6 Å². The fraction of sp³-hybridized carbons (Fsp3) is 0.647. The van der Waals surface area contributed by atoms with E-state index in [4.69, 9.17) is 0 Å². The summed E-state index contributed by atoms with van der Waals surface area (Å²) in [5, 5.41) is 3.51. The molecule has 1 aromatic carbocycles. The van der Waals surface area contributed by atoms with Gasteiger partial charge in [-0.3, -0.25) is 0 Å². The maximum Gasteiger partial charge on any atom is 0.0422 e. The largest absolute Gasteiger partial charge is 0.372 e. The third-order valence-electron chi connectivity index (χ3n) is 3.60. The summed E-state index contributed by atoms with van der Waals surface area (Å²) in [5.41, 5.74) is 2.68. The minimum Gasteiger partial charge on any atom is -0.372 e. The normalized spacial score (nSPS) is 13.1. The zero-order valence-electron chi connectivity index (χ0n) is 13.7. The van der Waals surface area contributed by atoms with Gasteiger partial charge >= 0.3 is 0 Å². The zero-order chi connectivity index (χ0) is 15.3. The van der Waals surface area contributed by atoms with Crippen LogP contribution in [0.3, 0.4) is 0 Å². The van der Waals surface area contributed by atoms with Gasteiger partial charge in [-0.2, -0.15) is 0 Å². The van der Waals surface area contributed by atoms with Gasteiger partial charge in [0.1, 0.15) is 0 Å². The van der Waals surface area contributed by atoms with Gasteiger partial charge in [-0.25, -0.2) is 0 Å². The summed E-state index contributed by atoms with van der Waals surface area (Å²) in [6.45, 7) is 12.2. The van der Waals surface area contributed by atoms with Crippen molar-refractivity contribution in [2.75, 3.05) is 11.9 Å². The second kappa shape index (κ2) is 8.04. The lowest BCUT2D eigenvalue weighted by molar-refractivity contribution is 0.502. The second-order valence-electron chi connectivity index (χ2n) is 6.40. The molecule has 0 fully saturated rings. The number of hydrogen-bond acceptors (Lipinski definition) is 2. The molecule has 0 aliphatic carbocycles. The highest BCUT2D eigenvalue weighted by Gasteiger charge is 2.15. The first-order valence-corrected chi connectivity index (χ1v) is 8.35. The quantitative estimate of drug-likeness (QED) is 0.765. The van der Waals surface area contributed by atoms with Gasteiger partial charge in [-0.1, -0.05) is 49.7 Å². The monoisotopic (exact) mass is 340 g/mol. The molecule has 0 aliphatic heterocycles. The van der Waals surface area contributed by atoms with E-state index in [2.05, 4.69) is 86.0 Å². The lowest BCUT2D eigenvalue weighted by Gasteiger charge is -2.30. The van der Waals surface area contributed by atoms with Crippen molar-refractivity contribution in [1.82, 2.24) is 5.32 Å². The molecular formula is C17H29BrN2. The maximum atomic E-state index is 3.60. The van der Waals surface area contributed by atoms with Crippen LogP contribution >= 0.6 is 15.9 Å². The highest BCUT2D eigenvalue weighted by molar-refractivity contribution is 9.10. The zero-order valence-corrected chi connectivity index (χ0v) is 15.3. The molecule has 114 valence electrons. The molecule has 0 amide bonds. The van der Waals surface area contributed by atoms with Crippen molar-refractivity contribution < 1.29 is 0 Å². The molecule has 0 spiro atoms. The smallest absolute Gasteiger partial charge is 0.0422 e. The Morgan fingerprint density at radius 1 is 1.15 bits per heavy atom. The molecule has 20 heavy (non-hydrogen) atoms. The summed E-state index contributed by atoms with van der Waals surface area (Å²) in [6.07, 6.45) is 1.21. The number of nitrogens with one attached hydrogen (secondary N) is 1. The maximum absolute atomic E-state index is 3.60. The number of rotatable bonds is 7. The fourth-order valence-electron chi connectivity index (χ4n) is 2.41. The van der Waals surface area contributed by atoms with E-state index in [9.17, 15) is 0 Å². The van der Waals surface area contributed by atoms with Crippen LogP contribution in [0.25, 0.3) is 0 Å². The van der Waals surface area contributed by atoms with Gasteiger partial charge in [0.05, 0.1) is 0 Å². The predicted octanol–water partition coefficient (Wildman–Crippen LogP) is 4.82. The molecule has 0 aliphatic rings. The van der Waals surface area contributed by atoms with Crippen LogP contribution in [0.15, 0.2) is 22.7 Å². The Balaban J connectivity index is 2.92. The molecule has 1 N–H and O–H groups in total. The van der Waals surface area contributed by atoms with Crippen LogP contribution in [0, 0.1) is 5.92 Å². The molecule has 3 heteroatoms. The number of hydrogen-bond donors (Lipinski definition) is 1. The third kappa shape index (κ3) is 5.45. The minimum absolute atomic E-state index is 0.505. The molecule has 0 bridgehead atoms. The van der Waals surface area contributed by atoms with E-state index in [1.165, 1.54) is 17.7 Å². The third-order valence-corrected chi connectivity index (χ3v) is 4.10. The van der Waals surface area contributed by atoms with Gasteiger partial charge in [-0.15, -0.1) is 0 Å². The van der Waals surface area contributed by atoms with Crippen LogP contribution in [0.2, 0.25) is 0 Å². The minimum atomic E-state index is 0.505. The van der Waals surface area contributed by atoms with E-state index in [-0.39, 0.29) is 0 Å². The van der Waals surface area contributed by atoms with Crippen molar-refractivity contribution in [3.05, 3.63) is 28.2 Å². The lowest BCUT2D eigenvalue weighted by Crippen LogP contribution is -2.32. The van der Waals surface area contributed by atoms with E-state index in [0.717, 1.165) is 16.9 Å². The number of anilines is 1. The van der Waals surface area contributed by atoms with Crippen LogP contribution in [-0.4, -0.2) is 19.1 Å². The van der Waals surface area contributed by atoms with Crippen LogP contribution < -0.4 is 10.2 Å². The molecule has 0 heterocycles. The van der Waals surface area contributed by atoms with Crippen LogP contribution in [0.1, 0.15) is 46.6 Å². The van der Waals surface area contributed by atoms with Crippen molar-refractivity contribution in [1.29, 1.82) is 0 Å². The van der Waals surface area contributed by atoms with Gasteiger partial charge in [0, 0.05) is 35.8 Å². The Morgan fingerprint density at radius 2 is 1.80 bits per heavy atom. The average molecular weight is 341 g/mol. The Morgan fingerprint density at radius 3 is 2.35 bits per heavy atom. The Kier molecular flexibility index (Phi) is 7.04. The standard InChI is InChI=1S/C17H29BrN2/c1-12(2)9-14(5)20(6)17-10-16(18)8-7-15(17)11-19-13(3)4/h7-8,10,12-14,19H,9,11H2,1-6H3. The lowest BCUT2D eigenvalue weighted by atomic mass is 10.0. The predicted molar refractivity (Wildman–Crippen MR) is 93.4 cm³/mol. The van der Waals surface area contributed by atoms with Crippen molar-refractivity contribution in [3.63, 3.8) is 0 Å². The van der Waals surface area contributed by atoms with Crippen molar-refractivity contribution in [3.8, 4) is 0 Å². The van der Waals surface area contributed by atoms with E-state index in [1.54, 1.807) is 0 Å². The summed E-state index contributed by atoms with van der Waals surface area (Å²) in [4.78, 5) is 2.40. The molecule has 0 saturated heterocycles. The average Bonchev–Trinajstić information content (AvgIpc) is 2.35. The summed E-state index contributed by atoms with van der Waals surface area (Å²) in [6, 6.07) is 7.62. The molecule has 2 nitrogen and oxygen atoms in total. The van der Waals surface area contributed by atoms with E-state index in [1.807, 2.05) is 0 Å². The van der Waals surface area contributed by atoms with Gasteiger partial charge in [0.25, 0.3) is 0 Å². The fourth-order valence-corrected chi connectivity index (χ4v) is 2.76. The molecule has 0 aromatic heterocycles.